The molecule has 4 aromatic carbocycles. The lowest BCUT2D eigenvalue weighted by molar-refractivity contribution is -0.0483. The molecule has 0 spiro atoms. The van der Waals surface area contributed by atoms with Crippen LogP contribution in [0.25, 0.3) is 10.8 Å². The topological polar surface area (TPSA) is 108 Å². The van der Waals surface area contributed by atoms with Crippen molar-refractivity contribution in [3.63, 3.8) is 0 Å². The highest BCUT2D eigenvalue weighted by Gasteiger charge is 2.40. The number of rotatable bonds is 8. The molecule has 3 N–H and O–H groups in total. The first-order valence-electron chi connectivity index (χ1n) is 13.3. The van der Waals surface area contributed by atoms with Crippen molar-refractivity contribution >= 4 is 28.6 Å². The molecule has 0 aromatic heterocycles. The molecule has 2 amide bonds. The molecular formula is C32H32N2O6. The number of amides is 2. The summed E-state index contributed by atoms with van der Waals surface area (Å²) < 4.78 is 11.7. The van der Waals surface area contributed by atoms with E-state index < -0.39 is 18.3 Å². The van der Waals surface area contributed by atoms with Gasteiger partial charge < -0.3 is 24.6 Å². The highest BCUT2D eigenvalue weighted by Crippen LogP contribution is 2.36. The zero-order valence-electron chi connectivity index (χ0n) is 22.0. The Hall–Kier alpha value is -4.40. The van der Waals surface area contributed by atoms with Crippen LogP contribution in [0.4, 0.5) is 15.3 Å². The van der Waals surface area contributed by atoms with E-state index in [1.54, 1.807) is 12.1 Å². The molecule has 1 aliphatic rings. The number of para-hydroxylation sites is 1. The smallest absolute Gasteiger partial charge is 0.411 e. The lowest BCUT2D eigenvalue weighted by Crippen LogP contribution is -2.51. The number of carbonyl (C=O) groups excluding carboxylic acids is 1. The standard InChI is InChI=1S/C32H32N2O6/c35-19-27-17-34(32(37)38)18-29(39-21-23-12-13-24-6-4-5-7-26(24)16-23)30(27)25-14-10-22(11-15-25)20-40-31(36)33-28-8-2-1-3-9-28/h1-16,27,29-30,35H,17-21H2,(H,33,36)(H,37,38). The Morgan fingerprint density at radius 1 is 0.825 bits per heavy atom. The molecule has 0 bridgehead atoms. The fourth-order valence-electron chi connectivity index (χ4n) is 5.27. The van der Waals surface area contributed by atoms with Gasteiger partial charge in [0, 0.05) is 30.7 Å². The number of nitrogens with zero attached hydrogens (tertiary/aromatic N) is 1. The molecule has 8 nitrogen and oxygen atoms in total. The van der Waals surface area contributed by atoms with Crippen LogP contribution >= 0.6 is 0 Å². The lowest BCUT2D eigenvalue weighted by atomic mass is 9.78. The van der Waals surface area contributed by atoms with E-state index in [1.807, 2.05) is 72.8 Å². The Morgan fingerprint density at radius 2 is 1.52 bits per heavy atom. The largest absolute Gasteiger partial charge is 0.465 e. The fourth-order valence-corrected chi connectivity index (χ4v) is 5.27. The van der Waals surface area contributed by atoms with Crippen molar-refractivity contribution in [1.82, 2.24) is 4.90 Å². The van der Waals surface area contributed by atoms with Crippen LogP contribution in [0.2, 0.25) is 0 Å². The van der Waals surface area contributed by atoms with Crippen LogP contribution in [0.5, 0.6) is 0 Å². The van der Waals surface area contributed by atoms with E-state index in [9.17, 15) is 19.8 Å². The number of aliphatic hydroxyl groups is 1. The van der Waals surface area contributed by atoms with Gasteiger partial charge in [0.2, 0.25) is 0 Å². The molecule has 1 saturated heterocycles. The van der Waals surface area contributed by atoms with Crippen molar-refractivity contribution in [2.45, 2.75) is 25.2 Å². The van der Waals surface area contributed by atoms with Crippen LogP contribution in [0.15, 0.2) is 97.1 Å². The number of anilines is 1. The average molecular weight is 541 g/mol. The first-order chi connectivity index (χ1) is 19.5. The second kappa shape index (κ2) is 12.6. The molecule has 40 heavy (non-hydrogen) atoms. The summed E-state index contributed by atoms with van der Waals surface area (Å²) >= 11 is 0. The van der Waals surface area contributed by atoms with Crippen molar-refractivity contribution in [2.24, 2.45) is 5.92 Å². The zero-order valence-corrected chi connectivity index (χ0v) is 22.0. The molecule has 8 heteroatoms. The van der Waals surface area contributed by atoms with E-state index in [1.165, 1.54) is 4.90 Å². The number of benzene rings is 4. The third-order valence-electron chi connectivity index (χ3n) is 7.30. The number of piperidine rings is 1. The van der Waals surface area contributed by atoms with Crippen LogP contribution in [-0.4, -0.2) is 53.1 Å². The Kier molecular flexibility index (Phi) is 8.59. The van der Waals surface area contributed by atoms with E-state index in [2.05, 4.69) is 17.4 Å². The van der Waals surface area contributed by atoms with Gasteiger partial charge in [-0.15, -0.1) is 0 Å². The number of fused-ring (bicyclic) bond motifs is 1. The van der Waals surface area contributed by atoms with E-state index in [0.29, 0.717) is 12.3 Å². The van der Waals surface area contributed by atoms with E-state index in [4.69, 9.17) is 9.47 Å². The van der Waals surface area contributed by atoms with Crippen LogP contribution < -0.4 is 5.32 Å². The summed E-state index contributed by atoms with van der Waals surface area (Å²) in [6.07, 6.45) is -2.02. The van der Waals surface area contributed by atoms with Gasteiger partial charge in [0.15, 0.2) is 0 Å². The molecule has 1 fully saturated rings. The number of ether oxygens (including phenoxy) is 2. The van der Waals surface area contributed by atoms with Crippen molar-refractivity contribution < 1.29 is 29.3 Å². The van der Waals surface area contributed by atoms with Crippen molar-refractivity contribution in [1.29, 1.82) is 0 Å². The average Bonchev–Trinajstić information content (AvgIpc) is 2.99. The third-order valence-corrected chi connectivity index (χ3v) is 7.30. The fraction of sp³-hybridized carbons (Fsp3) is 0.250. The van der Waals surface area contributed by atoms with Crippen LogP contribution in [0, 0.1) is 5.92 Å². The Balaban J connectivity index is 1.28. The number of likely N-dealkylation sites (tertiary alicyclic amines) is 1. The molecule has 3 atom stereocenters. The minimum absolute atomic E-state index is 0.0989. The highest BCUT2D eigenvalue weighted by molar-refractivity contribution is 5.84. The maximum absolute atomic E-state index is 12.1. The van der Waals surface area contributed by atoms with E-state index >= 15 is 0 Å². The predicted molar refractivity (Wildman–Crippen MR) is 152 cm³/mol. The molecule has 0 aliphatic carbocycles. The summed E-state index contributed by atoms with van der Waals surface area (Å²) in [4.78, 5) is 25.3. The zero-order chi connectivity index (χ0) is 27.9. The number of aliphatic hydroxyl groups excluding tert-OH is 1. The quantitative estimate of drug-likeness (QED) is 0.258. The van der Waals surface area contributed by atoms with Gasteiger partial charge in [-0.25, -0.2) is 9.59 Å². The number of hydrogen-bond acceptors (Lipinski definition) is 5. The Bertz CT molecular complexity index is 1440. The molecular weight excluding hydrogens is 508 g/mol. The summed E-state index contributed by atoms with van der Waals surface area (Å²) in [5.41, 5.74) is 3.39. The first kappa shape index (κ1) is 27.2. The van der Waals surface area contributed by atoms with Gasteiger partial charge in [-0.05, 0) is 45.7 Å². The lowest BCUT2D eigenvalue weighted by Gasteiger charge is -2.42. The Labute approximate surface area is 232 Å². The molecule has 1 aliphatic heterocycles. The van der Waals surface area contributed by atoms with Gasteiger partial charge in [0.25, 0.3) is 0 Å². The highest BCUT2D eigenvalue weighted by atomic mass is 16.5. The van der Waals surface area contributed by atoms with Crippen LogP contribution in [-0.2, 0) is 22.7 Å². The summed E-state index contributed by atoms with van der Waals surface area (Å²) in [6.45, 7) is 0.669. The van der Waals surface area contributed by atoms with Crippen molar-refractivity contribution in [3.05, 3.63) is 114 Å². The maximum atomic E-state index is 12.1. The molecule has 4 aromatic rings. The maximum Gasteiger partial charge on any atom is 0.411 e. The normalized spacial score (nSPS) is 18.8. The van der Waals surface area contributed by atoms with Crippen molar-refractivity contribution in [3.8, 4) is 0 Å². The minimum atomic E-state index is -1.03. The molecule has 206 valence electrons. The first-order valence-corrected chi connectivity index (χ1v) is 13.3. The monoisotopic (exact) mass is 540 g/mol. The summed E-state index contributed by atoms with van der Waals surface area (Å²) in [7, 11) is 0. The SMILES string of the molecule is O=C(Nc1ccccc1)OCc1ccc(C2C(CO)CN(C(=O)O)CC2OCc2ccc3ccccc3c2)cc1. The van der Waals surface area contributed by atoms with Crippen molar-refractivity contribution in [2.75, 3.05) is 25.0 Å². The molecule has 1 heterocycles. The van der Waals surface area contributed by atoms with Gasteiger partial charge in [-0.3, -0.25) is 5.32 Å². The molecule has 0 radical (unpaired) electrons. The summed E-state index contributed by atoms with van der Waals surface area (Å²) in [5, 5.41) is 24.9. The predicted octanol–water partition coefficient (Wildman–Crippen LogP) is 5.86. The third kappa shape index (κ3) is 6.59. The summed E-state index contributed by atoms with van der Waals surface area (Å²) in [6, 6.07) is 30.9. The van der Waals surface area contributed by atoms with Gasteiger partial charge in [0.1, 0.15) is 6.61 Å². The van der Waals surface area contributed by atoms with Gasteiger partial charge in [-0.1, -0.05) is 78.9 Å². The number of carbonyl (C=O) groups is 2. The van der Waals surface area contributed by atoms with E-state index in [0.717, 1.165) is 27.5 Å². The van der Waals surface area contributed by atoms with Gasteiger partial charge in [-0.2, -0.15) is 0 Å². The van der Waals surface area contributed by atoms with E-state index in [-0.39, 0.29) is 38.1 Å². The summed E-state index contributed by atoms with van der Waals surface area (Å²) in [5.74, 6) is -0.539. The van der Waals surface area contributed by atoms with Gasteiger partial charge in [0.05, 0.1) is 19.3 Å². The van der Waals surface area contributed by atoms with Gasteiger partial charge >= 0.3 is 12.2 Å². The minimum Gasteiger partial charge on any atom is -0.465 e. The number of carboxylic acid groups (broad SMARTS) is 1. The second-order valence-electron chi connectivity index (χ2n) is 10.00. The number of hydrogen-bond donors (Lipinski definition) is 3. The van der Waals surface area contributed by atoms with Crippen LogP contribution in [0.3, 0.4) is 0 Å². The molecule has 0 saturated carbocycles. The number of nitrogens with one attached hydrogen (secondary N) is 1. The van der Waals surface area contributed by atoms with Crippen LogP contribution in [0.1, 0.15) is 22.6 Å². The molecule has 3 unspecified atom stereocenters. The Morgan fingerprint density at radius 3 is 2.25 bits per heavy atom. The second-order valence-corrected chi connectivity index (χ2v) is 10.00. The molecule has 5 rings (SSSR count).